The van der Waals surface area contributed by atoms with Gasteiger partial charge < -0.3 is 9.64 Å². The minimum Gasteiger partial charge on any atom is -0.481 e. The van der Waals surface area contributed by atoms with E-state index in [9.17, 15) is 9.18 Å². The molecule has 0 radical (unpaired) electrons. The van der Waals surface area contributed by atoms with Gasteiger partial charge in [0.25, 0.3) is 5.91 Å². The van der Waals surface area contributed by atoms with Crippen LogP contribution in [0.4, 0.5) is 4.39 Å². The van der Waals surface area contributed by atoms with Crippen LogP contribution in [-0.4, -0.2) is 29.5 Å². The number of hydrogen-bond donors (Lipinski definition) is 0. The minimum absolute atomic E-state index is 0.0107. The van der Waals surface area contributed by atoms with Gasteiger partial charge in [0.15, 0.2) is 6.10 Å². The van der Waals surface area contributed by atoms with Gasteiger partial charge in [-0.3, -0.25) is 4.79 Å². The Kier molecular flexibility index (Phi) is 4.40. The topological polar surface area (TPSA) is 29.5 Å². The van der Waals surface area contributed by atoms with Crippen molar-refractivity contribution in [2.24, 2.45) is 0 Å². The minimum atomic E-state index is -0.536. The molecule has 1 heterocycles. The number of benzene rings is 1. The monoisotopic (exact) mass is 265 g/mol. The molecule has 0 aliphatic carbocycles. The highest BCUT2D eigenvalue weighted by atomic mass is 19.1. The molecule has 0 unspecified atom stereocenters. The number of nitrogens with zero attached hydrogens (tertiary/aromatic N) is 1. The van der Waals surface area contributed by atoms with Gasteiger partial charge in [-0.05, 0) is 57.4 Å². The average Bonchev–Trinajstić information content (AvgIpc) is 2.41. The van der Waals surface area contributed by atoms with Crippen molar-refractivity contribution in [3.63, 3.8) is 0 Å². The highest BCUT2D eigenvalue weighted by Gasteiger charge is 2.27. The van der Waals surface area contributed by atoms with Gasteiger partial charge in [0.1, 0.15) is 11.6 Å². The van der Waals surface area contributed by atoms with Gasteiger partial charge in [0.05, 0.1) is 0 Å². The average molecular weight is 265 g/mol. The summed E-state index contributed by atoms with van der Waals surface area (Å²) in [6.45, 7) is 4.62. The predicted molar refractivity (Wildman–Crippen MR) is 71.5 cm³/mol. The smallest absolute Gasteiger partial charge is 0.263 e. The summed E-state index contributed by atoms with van der Waals surface area (Å²) in [6.07, 6.45) is 2.75. The predicted octanol–water partition coefficient (Wildman–Crippen LogP) is 2.99. The summed E-state index contributed by atoms with van der Waals surface area (Å²) in [4.78, 5) is 14.2. The van der Waals surface area contributed by atoms with E-state index >= 15 is 0 Å². The van der Waals surface area contributed by atoms with E-state index in [-0.39, 0.29) is 17.8 Å². The molecule has 4 heteroatoms. The number of carbonyl (C=O) groups excluding carboxylic acids is 1. The molecule has 1 aromatic carbocycles. The molecule has 3 nitrogen and oxygen atoms in total. The maximum atomic E-state index is 12.8. The lowest BCUT2D eigenvalue weighted by Gasteiger charge is -2.35. The summed E-state index contributed by atoms with van der Waals surface area (Å²) in [5.41, 5.74) is 0. The highest BCUT2D eigenvalue weighted by Crippen LogP contribution is 2.19. The largest absolute Gasteiger partial charge is 0.481 e. The van der Waals surface area contributed by atoms with E-state index < -0.39 is 6.10 Å². The van der Waals surface area contributed by atoms with E-state index in [2.05, 4.69) is 6.92 Å². The second-order valence-corrected chi connectivity index (χ2v) is 5.09. The van der Waals surface area contributed by atoms with Crippen molar-refractivity contribution in [1.82, 2.24) is 4.90 Å². The lowest BCUT2D eigenvalue weighted by Crippen LogP contribution is -2.47. The van der Waals surface area contributed by atoms with Gasteiger partial charge in [-0.15, -0.1) is 0 Å². The summed E-state index contributed by atoms with van der Waals surface area (Å²) in [7, 11) is 0. The molecule has 0 aromatic heterocycles. The third-order valence-corrected chi connectivity index (χ3v) is 3.56. The van der Waals surface area contributed by atoms with E-state index in [1.807, 2.05) is 4.90 Å². The zero-order valence-corrected chi connectivity index (χ0v) is 11.4. The third kappa shape index (κ3) is 3.46. The Balaban J connectivity index is 1.96. The van der Waals surface area contributed by atoms with Crippen LogP contribution in [0.25, 0.3) is 0 Å². The normalized spacial score (nSPS) is 21.0. The molecule has 0 N–H and O–H groups in total. The fourth-order valence-corrected chi connectivity index (χ4v) is 2.43. The number of halogens is 1. The van der Waals surface area contributed by atoms with Crippen molar-refractivity contribution in [2.45, 2.75) is 45.3 Å². The van der Waals surface area contributed by atoms with Crippen molar-refractivity contribution in [1.29, 1.82) is 0 Å². The quantitative estimate of drug-likeness (QED) is 0.841. The number of piperidine rings is 1. The number of amides is 1. The number of hydrogen-bond acceptors (Lipinski definition) is 2. The van der Waals surface area contributed by atoms with Crippen LogP contribution in [0.3, 0.4) is 0 Å². The molecular weight excluding hydrogens is 245 g/mol. The Morgan fingerprint density at radius 1 is 1.37 bits per heavy atom. The molecule has 2 rings (SSSR count). The molecule has 1 fully saturated rings. The van der Waals surface area contributed by atoms with Crippen molar-refractivity contribution >= 4 is 5.91 Å². The second kappa shape index (κ2) is 6.04. The van der Waals surface area contributed by atoms with E-state index in [0.29, 0.717) is 5.75 Å². The number of rotatable bonds is 3. The van der Waals surface area contributed by atoms with Gasteiger partial charge >= 0.3 is 0 Å². The first-order valence-corrected chi connectivity index (χ1v) is 6.80. The Morgan fingerprint density at radius 2 is 2.05 bits per heavy atom. The number of likely N-dealkylation sites (tertiary alicyclic amines) is 1. The van der Waals surface area contributed by atoms with Crippen LogP contribution < -0.4 is 4.74 Å². The van der Waals surface area contributed by atoms with Crippen molar-refractivity contribution < 1.29 is 13.9 Å². The molecule has 1 aromatic rings. The van der Waals surface area contributed by atoms with Gasteiger partial charge in [0, 0.05) is 12.6 Å². The van der Waals surface area contributed by atoms with Gasteiger partial charge in [-0.25, -0.2) is 4.39 Å². The lowest BCUT2D eigenvalue weighted by atomic mass is 10.0. The zero-order chi connectivity index (χ0) is 13.8. The maximum Gasteiger partial charge on any atom is 0.263 e. The molecule has 1 amide bonds. The van der Waals surface area contributed by atoms with Gasteiger partial charge in [0.2, 0.25) is 0 Å². The van der Waals surface area contributed by atoms with Crippen molar-refractivity contribution in [3.8, 4) is 5.75 Å². The molecule has 1 saturated heterocycles. The fourth-order valence-electron chi connectivity index (χ4n) is 2.43. The summed E-state index contributed by atoms with van der Waals surface area (Å²) in [5, 5.41) is 0. The van der Waals surface area contributed by atoms with Crippen molar-refractivity contribution in [2.75, 3.05) is 6.54 Å². The fraction of sp³-hybridized carbons (Fsp3) is 0.533. The summed E-state index contributed by atoms with van der Waals surface area (Å²) < 4.78 is 18.4. The second-order valence-electron chi connectivity index (χ2n) is 5.09. The van der Waals surface area contributed by atoms with E-state index in [4.69, 9.17) is 4.74 Å². The molecule has 0 bridgehead atoms. The zero-order valence-electron chi connectivity index (χ0n) is 11.4. The standard InChI is InChI=1S/C15H20FNO2/c1-11-5-3-4-10-17(11)15(18)12(2)19-14-8-6-13(16)7-9-14/h6-9,11-12H,3-5,10H2,1-2H3/t11-,12+/m1/s1. The van der Waals surface area contributed by atoms with E-state index in [0.717, 1.165) is 19.4 Å². The number of ether oxygens (including phenoxy) is 1. The summed E-state index contributed by atoms with van der Waals surface area (Å²) in [5.74, 6) is 0.222. The van der Waals surface area contributed by atoms with Gasteiger partial charge in [-0.1, -0.05) is 0 Å². The maximum absolute atomic E-state index is 12.8. The lowest BCUT2D eigenvalue weighted by molar-refractivity contribution is -0.141. The van der Waals surface area contributed by atoms with Crippen LogP contribution in [0, 0.1) is 5.82 Å². The van der Waals surface area contributed by atoms with Crippen molar-refractivity contribution in [3.05, 3.63) is 30.1 Å². The molecule has 104 valence electrons. The highest BCUT2D eigenvalue weighted by molar-refractivity contribution is 5.81. The van der Waals surface area contributed by atoms with Crippen LogP contribution >= 0.6 is 0 Å². The molecule has 1 aliphatic heterocycles. The van der Waals surface area contributed by atoms with E-state index in [1.165, 1.54) is 18.6 Å². The first kappa shape index (κ1) is 13.8. The first-order valence-electron chi connectivity index (χ1n) is 6.80. The van der Waals surface area contributed by atoms with Crippen LogP contribution in [0.1, 0.15) is 33.1 Å². The van der Waals surface area contributed by atoms with E-state index in [1.54, 1.807) is 19.1 Å². The van der Waals surface area contributed by atoms with Crippen LogP contribution in [0.2, 0.25) is 0 Å². The number of carbonyl (C=O) groups is 1. The SMILES string of the molecule is C[C@H](Oc1ccc(F)cc1)C(=O)N1CCCC[C@H]1C. The molecular formula is C15H20FNO2. The third-order valence-electron chi connectivity index (χ3n) is 3.56. The molecule has 2 atom stereocenters. The molecule has 0 saturated carbocycles. The van der Waals surface area contributed by atoms with Crippen LogP contribution in [-0.2, 0) is 4.79 Å². The Hall–Kier alpha value is -1.58. The summed E-state index contributed by atoms with van der Waals surface area (Å²) in [6, 6.07) is 6.02. The summed E-state index contributed by atoms with van der Waals surface area (Å²) >= 11 is 0. The Morgan fingerprint density at radius 3 is 2.68 bits per heavy atom. The Labute approximate surface area is 113 Å². The first-order chi connectivity index (χ1) is 9.08. The Bertz CT molecular complexity index is 432. The van der Waals surface area contributed by atoms with Crippen LogP contribution in [0.5, 0.6) is 5.75 Å². The molecule has 1 aliphatic rings. The van der Waals surface area contributed by atoms with Crippen LogP contribution in [0.15, 0.2) is 24.3 Å². The molecule has 19 heavy (non-hydrogen) atoms. The van der Waals surface area contributed by atoms with Gasteiger partial charge in [-0.2, -0.15) is 0 Å². The molecule has 0 spiro atoms.